The van der Waals surface area contributed by atoms with Gasteiger partial charge in [-0.3, -0.25) is 0 Å². The Morgan fingerprint density at radius 2 is 1.95 bits per heavy atom. The molecule has 0 fully saturated rings. The van der Waals surface area contributed by atoms with Crippen molar-refractivity contribution in [2.24, 2.45) is 5.73 Å². The molecule has 2 nitrogen and oxygen atoms in total. The van der Waals surface area contributed by atoms with E-state index in [-0.39, 0.29) is 5.82 Å². The lowest BCUT2D eigenvalue weighted by molar-refractivity contribution is 0.608. The maximum absolute atomic E-state index is 13.9. The topological polar surface area (TPSA) is 29.3 Å². The molecule has 0 unspecified atom stereocenters. The van der Waals surface area contributed by atoms with E-state index in [0.29, 0.717) is 30.1 Å². The van der Waals surface area contributed by atoms with Crippen molar-refractivity contribution >= 4 is 17.3 Å². The van der Waals surface area contributed by atoms with E-state index >= 15 is 0 Å². The number of hydrogen-bond donors (Lipinski definition) is 1. The SMILES string of the molecule is CN(Cc1cccc(Cl)c1)c1cccc(F)c1CCN. The maximum Gasteiger partial charge on any atom is 0.128 e. The van der Waals surface area contributed by atoms with Gasteiger partial charge in [0.25, 0.3) is 0 Å². The van der Waals surface area contributed by atoms with Gasteiger partial charge in [-0.15, -0.1) is 0 Å². The molecule has 2 aromatic rings. The van der Waals surface area contributed by atoms with Crippen LogP contribution in [0.5, 0.6) is 0 Å². The third-order valence-electron chi connectivity index (χ3n) is 3.21. The number of anilines is 1. The first-order chi connectivity index (χ1) is 9.61. The first kappa shape index (κ1) is 14.8. The molecule has 4 heteroatoms. The summed E-state index contributed by atoms with van der Waals surface area (Å²) in [5.74, 6) is -0.203. The fourth-order valence-corrected chi connectivity index (χ4v) is 2.50. The average Bonchev–Trinajstić information content (AvgIpc) is 2.41. The molecule has 2 aromatic carbocycles. The zero-order valence-electron chi connectivity index (χ0n) is 11.4. The van der Waals surface area contributed by atoms with Crippen molar-refractivity contribution in [3.8, 4) is 0 Å². The van der Waals surface area contributed by atoms with E-state index < -0.39 is 0 Å². The first-order valence-corrected chi connectivity index (χ1v) is 6.92. The molecule has 0 aliphatic heterocycles. The minimum absolute atomic E-state index is 0.203. The summed E-state index contributed by atoms with van der Waals surface area (Å²) in [5.41, 5.74) is 8.19. The number of hydrogen-bond acceptors (Lipinski definition) is 2. The highest BCUT2D eigenvalue weighted by atomic mass is 35.5. The lowest BCUT2D eigenvalue weighted by atomic mass is 10.1. The van der Waals surface area contributed by atoms with Gasteiger partial charge in [-0.2, -0.15) is 0 Å². The van der Waals surface area contributed by atoms with Crippen LogP contribution in [-0.4, -0.2) is 13.6 Å². The Bertz CT molecular complexity index is 586. The third-order valence-corrected chi connectivity index (χ3v) is 3.44. The van der Waals surface area contributed by atoms with Crippen LogP contribution >= 0.6 is 11.6 Å². The Hall–Kier alpha value is -1.58. The fourth-order valence-electron chi connectivity index (χ4n) is 2.29. The van der Waals surface area contributed by atoms with Gasteiger partial charge in [-0.1, -0.05) is 29.8 Å². The minimum Gasteiger partial charge on any atom is -0.370 e. The van der Waals surface area contributed by atoms with Crippen molar-refractivity contribution in [1.82, 2.24) is 0 Å². The van der Waals surface area contributed by atoms with E-state index in [1.165, 1.54) is 6.07 Å². The van der Waals surface area contributed by atoms with Crippen LogP contribution in [0.25, 0.3) is 0 Å². The van der Waals surface area contributed by atoms with Crippen LogP contribution in [0.3, 0.4) is 0 Å². The number of rotatable bonds is 5. The number of halogens is 2. The molecular weight excluding hydrogens is 275 g/mol. The summed E-state index contributed by atoms with van der Waals surface area (Å²) in [6.07, 6.45) is 0.530. The molecule has 0 bridgehead atoms. The van der Waals surface area contributed by atoms with E-state index in [4.69, 9.17) is 17.3 Å². The summed E-state index contributed by atoms with van der Waals surface area (Å²) in [5, 5.41) is 0.706. The van der Waals surface area contributed by atoms with Crippen LogP contribution < -0.4 is 10.6 Å². The number of nitrogens with zero attached hydrogens (tertiary/aromatic N) is 1. The molecule has 0 aliphatic rings. The summed E-state index contributed by atoms with van der Waals surface area (Å²) < 4.78 is 13.9. The van der Waals surface area contributed by atoms with Gasteiger partial charge in [0, 0.05) is 29.9 Å². The Kier molecular flexibility index (Phi) is 4.99. The molecule has 20 heavy (non-hydrogen) atoms. The third kappa shape index (κ3) is 3.50. The van der Waals surface area contributed by atoms with E-state index in [9.17, 15) is 4.39 Å². The maximum atomic E-state index is 13.9. The Labute approximate surface area is 124 Å². The van der Waals surface area contributed by atoms with E-state index in [2.05, 4.69) is 0 Å². The zero-order chi connectivity index (χ0) is 14.5. The minimum atomic E-state index is -0.203. The van der Waals surface area contributed by atoms with E-state index in [1.54, 1.807) is 6.07 Å². The molecule has 0 heterocycles. The Morgan fingerprint density at radius 1 is 1.20 bits per heavy atom. The van der Waals surface area contributed by atoms with Crippen LogP contribution in [0, 0.1) is 5.82 Å². The molecule has 0 saturated heterocycles. The Balaban J connectivity index is 2.25. The average molecular weight is 293 g/mol. The van der Waals surface area contributed by atoms with Crippen molar-refractivity contribution in [3.63, 3.8) is 0 Å². The van der Waals surface area contributed by atoms with Crippen molar-refractivity contribution in [1.29, 1.82) is 0 Å². The molecule has 2 rings (SSSR count). The number of nitrogens with two attached hydrogens (primary N) is 1. The van der Waals surface area contributed by atoms with Crippen LogP contribution in [0.4, 0.5) is 10.1 Å². The lowest BCUT2D eigenvalue weighted by Crippen LogP contribution is -2.19. The summed E-state index contributed by atoms with van der Waals surface area (Å²) in [6.45, 7) is 1.10. The Morgan fingerprint density at radius 3 is 2.65 bits per heavy atom. The molecule has 0 aliphatic carbocycles. The second-order valence-electron chi connectivity index (χ2n) is 4.76. The van der Waals surface area contributed by atoms with Crippen LogP contribution in [-0.2, 0) is 13.0 Å². The predicted octanol–water partition coefficient (Wildman–Crippen LogP) is 3.62. The summed E-state index contributed by atoms with van der Waals surface area (Å²) in [7, 11) is 1.94. The van der Waals surface area contributed by atoms with Gasteiger partial charge < -0.3 is 10.6 Å². The highest BCUT2D eigenvalue weighted by molar-refractivity contribution is 6.30. The molecule has 0 aromatic heterocycles. The second-order valence-corrected chi connectivity index (χ2v) is 5.20. The molecule has 0 atom stereocenters. The quantitative estimate of drug-likeness (QED) is 0.912. The molecule has 0 radical (unpaired) electrons. The molecule has 106 valence electrons. The molecule has 0 saturated carbocycles. The normalized spacial score (nSPS) is 10.6. The van der Waals surface area contributed by atoms with Gasteiger partial charge in [0.2, 0.25) is 0 Å². The highest BCUT2D eigenvalue weighted by Gasteiger charge is 2.11. The van der Waals surface area contributed by atoms with E-state index in [0.717, 1.165) is 11.3 Å². The summed E-state index contributed by atoms with van der Waals surface area (Å²) in [6, 6.07) is 12.8. The zero-order valence-corrected chi connectivity index (χ0v) is 12.2. The van der Waals surface area contributed by atoms with Crippen LogP contribution in [0.15, 0.2) is 42.5 Å². The summed E-state index contributed by atoms with van der Waals surface area (Å²) >= 11 is 5.99. The van der Waals surface area contributed by atoms with Gasteiger partial charge in [0.05, 0.1) is 0 Å². The molecule has 2 N–H and O–H groups in total. The molecule has 0 spiro atoms. The smallest absolute Gasteiger partial charge is 0.128 e. The van der Waals surface area contributed by atoms with E-state index in [1.807, 2.05) is 42.3 Å². The monoisotopic (exact) mass is 292 g/mol. The fraction of sp³-hybridized carbons (Fsp3) is 0.250. The van der Waals surface area contributed by atoms with Crippen molar-refractivity contribution in [2.45, 2.75) is 13.0 Å². The standard InChI is InChI=1S/C16H18ClFN2/c1-20(11-12-4-2-5-13(17)10-12)16-7-3-6-15(18)14(16)8-9-19/h2-7,10H,8-9,11,19H2,1H3. The van der Waals surface area contributed by atoms with Crippen LogP contribution in [0.2, 0.25) is 5.02 Å². The van der Waals surface area contributed by atoms with Crippen molar-refractivity contribution in [3.05, 3.63) is 64.4 Å². The highest BCUT2D eigenvalue weighted by Crippen LogP contribution is 2.24. The molecule has 0 amide bonds. The van der Waals surface area contributed by atoms with Gasteiger partial charge >= 0.3 is 0 Å². The number of benzene rings is 2. The van der Waals surface area contributed by atoms with Crippen molar-refractivity contribution in [2.75, 3.05) is 18.5 Å². The van der Waals surface area contributed by atoms with Gasteiger partial charge in [0.1, 0.15) is 5.82 Å². The second kappa shape index (κ2) is 6.73. The summed E-state index contributed by atoms with van der Waals surface area (Å²) in [4.78, 5) is 2.01. The predicted molar refractivity (Wildman–Crippen MR) is 82.7 cm³/mol. The van der Waals surface area contributed by atoms with Crippen LogP contribution in [0.1, 0.15) is 11.1 Å². The largest absolute Gasteiger partial charge is 0.370 e. The first-order valence-electron chi connectivity index (χ1n) is 6.55. The van der Waals surface area contributed by atoms with Gasteiger partial charge in [-0.25, -0.2) is 4.39 Å². The van der Waals surface area contributed by atoms with Gasteiger partial charge in [0.15, 0.2) is 0 Å². The lowest BCUT2D eigenvalue weighted by Gasteiger charge is -2.23. The molecular formula is C16H18ClFN2. The van der Waals surface area contributed by atoms with Gasteiger partial charge in [-0.05, 0) is 42.8 Å². The van der Waals surface area contributed by atoms with Crippen molar-refractivity contribution < 1.29 is 4.39 Å².